The van der Waals surface area contributed by atoms with E-state index in [1.807, 2.05) is 0 Å². The SMILES string of the molecule is CC(=O)Oc1ccc(OCc2c(F)cccc2F)cc1. The van der Waals surface area contributed by atoms with Crippen LogP contribution < -0.4 is 9.47 Å². The Balaban J connectivity index is 2.02. The van der Waals surface area contributed by atoms with Gasteiger partial charge in [0, 0.05) is 6.92 Å². The Hall–Kier alpha value is -2.43. The topological polar surface area (TPSA) is 35.5 Å². The molecule has 0 fully saturated rings. The molecule has 0 heterocycles. The minimum absolute atomic E-state index is 0.128. The van der Waals surface area contributed by atoms with Gasteiger partial charge in [0.05, 0.1) is 5.56 Å². The van der Waals surface area contributed by atoms with Crippen molar-refractivity contribution in [2.45, 2.75) is 13.5 Å². The first-order valence-corrected chi connectivity index (χ1v) is 5.90. The molecule has 5 heteroatoms. The van der Waals surface area contributed by atoms with E-state index in [0.29, 0.717) is 11.5 Å². The standard InChI is InChI=1S/C15H12F2O3/c1-10(18)20-12-7-5-11(6-8-12)19-9-13-14(16)3-2-4-15(13)17/h2-8H,9H2,1H3. The van der Waals surface area contributed by atoms with Crippen molar-refractivity contribution in [3.05, 3.63) is 59.7 Å². The van der Waals surface area contributed by atoms with Gasteiger partial charge in [0.1, 0.15) is 29.7 Å². The molecule has 0 N–H and O–H groups in total. The predicted octanol–water partition coefficient (Wildman–Crippen LogP) is 3.47. The average molecular weight is 278 g/mol. The maximum atomic E-state index is 13.4. The summed E-state index contributed by atoms with van der Waals surface area (Å²) < 4.78 is 36.9. The maximum absolute atomic E-state index is 13.4. The quantitative estimate of drug-likeness (QED) is 0.634. The molecule has 2 aromatic carbocycles. The van der Waals surface area contributed by atoms with E-state index in [4.69, 9.17) is 9.47 Å². The fourth-order valence-corrected chi connectivity index (χ4v) is 1.60. The van der Waals surface area contributed by atoms with Gasteiger partial charge in [-0.25, -0.2) is 8.78 Å². The molecule has 104 valence electrons. The van der Waals surface area contributed by atoms with Gasteiger partial charge in [-0.15, -0.1) is 0 Å². The molecule has 0 saturated heterocycles. The second kappa shape index (κ2) is 6.14. The highest BCUT2D eigenvalue weighted by Gasteiger charge is 2.09. The Morgan fingerprint density at radius 3 is 2.10 bits per heavy atom. The molecule has 0 saturated carbocycles. The molecule has 20 heavy (non-hydrogen) atoms. The fourth-order valence-electron chi connectivity index (χ4n) is 1.60. The highest BCUT2D eigenvalue weighted by molar-refractivity contribution is 5.69. The zero-order chi connectivity index (χ0) is 14.5. The molecule has 0 radical (unpaired) electrons. The lowest BCUT2D eigenvalue weighted by molar-refractivity contribution is -0.131. The molecule has 3 nitrogen and oxygen atoms in total. The first-order chi connectivity index (χ1) is 9.56. The van der Waals surface area contributed by atoms with Crippen LogP contribution in [0.25, 0.3) is 0 Å². The van der Waals surface area contributed by atoms with Gasteiger partial charge >= 0.3 is 5.97 Å². The van der Waals surface area contributed by atoms with Crippen molar-refractivity contribution < 1.29 is 23.0 Å². The minimum atomic E-state index is -0.651. The predicted molar refractivity (Wildman–Crippen MR) is 68.4 cm³/mol. The van der Waals surface area contributed by atoms with E-state index in [1.165, 1.54) is 37.3 Å². The summed E-state index contributed by atoms with van der Waals surface area (Å²) in [5, 5.41) is 0. The largest absolute Gasteiger partial charge is 0.489 e. The Kier molecular flexibility index (Phi) is 4.30. The third-order valence-corrected chi connectivity index (χ3v) is 2.53. The van der Waals surface area contributed by atoms with Gasteiger partial charge in [-0.2, -0.15) is 0 Å². The van der Waals surface area contributed by atoms with Crippen molar-refractivity contribution >= 4 is 5.97 Å². The zero-order valence-electron chi connectivity index (χ0n) is 10.7. The van der Waals surface area contributed by atoms with Crippen molar-refractivity contribution in [3.8, 4) is 11.5 Å². The van der Waals surface area contributed by atoms with Gasteiger partial charge in [0.15, 0.2) is 0 Å². The van der Waals surface area contributed by atoms with E-state index in [1.54, 1.807) is 12.1 Å². The maximum Gasteiger partial charge on any atom is 0.308 e. The highest BCUT2D eigenvalue weighted by atomic mass is 19.1. The van der Waals surface area contributed by atoms with Crippen LogP contribution in [0.5, 0.6) is 11.5 Å². The van der Waals surface area contributed by atoms with Gasteiger partial charge in [0.2, 0.25) is 0 Å². The molecule has 2 rings (SSSR count). The number of halogens is 2. The van der Waals surface area contributed by atoms with E-state index < -0.39 is 17.6 Å². The van der Waals surface area contributed by atoms with Crippen LogP contribution >= 0.6 is 0 Å². The molecule has 0 unspecified atom stereocenters. The smallest absolute Gasteiger partial charge is 0.308 e. The average Bonchev–Trinajstić information content (AvgIpc) is 2.39. The molecule has 0 aromatic heterocycles. The third kappa shape index (κ3) is 3.54. The molecular formula is C15H12F2O3. The van der Waals surface area contributed by atoms with Crippen molar-refractivity contribution in [1.29, 1.82) is 0 Å². The van der Waals surface area contributed by atoms with Gasteiger partial charge in [-0.1, -0.05) is 6.07 Å². The van der Waals surface area contributed by atoms with Crippen molar-refractivity contribution in [1.82, 2.24) is 0 Å². The van der Waals surface area contributed by atoms with E-state index in [0.717, 1.165) is 0 Å². The monoisotopic (exact) mass is 278 g/mol. The van der Waals surface area contributed by atoms with Crippen molar-refractivity contribution in [3.63, 3.8) is 0 Å². The molecular weight excluding hydrogens is 266 g/mol. The summed E-state index contributed by atoms with van der Waals surface area (Å²) in [7, 11) is 0. The lowest BCUT2D eigenvalue weighted by Crippen LogP contribution is -2.03. The Labute approximate surface area is 114 Å². The minimum Gasteiger partial charge on any atom is -0.489 e. The molecule has 0 aliphatic heterocycles. The van der Waals surface area contributed by atoms with E-state index in [-0.39, 0.29) is 12.2 Å². The Morgan fingerprint density at radius 1 is 1.00 bits per heavy atom. The van der Waals surface area contributed by atoms with Crippen LogP contribution in [0.15, 0.2) is 42.5 Å². The van der Waals surface area contributed by atoms with Crippen molar-refractivity contribution in [2.75, 3.05) is 0 Å². The number of carbonyl (C=O) groups is 1. The lowest BCUT2D eigenvalue weighted by Gasteiger charge is -2.08. The number of ether oxygens (including phenoxy) is 2. The number of hydrogen-bond acceptors (Lipinski definition) is 3. The number of rotatable bonds is 4. The van der Waals surface area contributed by atoms with E-state index >= 15 is 0 Å². The molecule has 0 aliphatic rings. The molecule has 0 aliphatic carbocycles. The van der Waals surface area contributed by atoms with Crippen LogP contribution in [0.2, 0.25) is 0 Å². The highest BCUT2D eigenvalue weighted by Crippen LogP contribution is 2.20. The van der Waals surface area contributed by atoms with Crippen LogP contribution in [0, 0.1) is 11.6 Å². The summed E-state index contributed by atoms with van der Waals surface area (Å²) in [4.78, 5) is 10.7. The van der Waals surface area contributed by atoms with Crippen LogP contribution in [0.3, 0.4) is 0 Å². The van der Waals surface area contributed by atoms with Crippen LogP contribution in [-0.4, -0.2) is 5.97 Å². The van der Waals surface area contributed by atoms with Crippen LogP contribution in [0.4, 0.5) is 8.78 Å². The van der Waals surface area contributed by atoms with Crippen LogP contribution in [0.1, 0.15) is 12.5 Å². The molecule has 0 atom stereocenters. The molecule has 0 spiro atoms. The normalized spacial score (nSPS) is 10.2. The van der Waals surface area contributed by atoms with Crippen LogP contribution in [-0.2, 0) is 11.4 Å². The summed E-state index contributed by atoms with van der Waals surface area (Å²) in [5.41, 5.74) is -0.128. The first-order valence-electron chi connectivity index (χ1n) is 5.90. The number of hydrogen-bond donors (Lipinski definition) is 0. The molecule has 0 bridgehead atoms. The second-order valence-corrected chi connectivity index (χ2v) is 4.05. The number of benzene rings is 2. The summed E-state index contributed by atoms with van der Waals surface area (Å²) in [6.45, 7) is 1.08. The number of esters is 1. The fraction of sp³-hybridized carbons (Fsp3) is 0.133. The first kappa shape index (κ1) is 14.0. The van der Waals surface area contributed by atoms with E-state index in [2.05, 4.69) is 0 Å². The Bertz CT molecular complexity index is 589. The van der Waals surface area contributed by atoms with Gasteiger partial charge < -0.3 is 9.47 Å². The van der Waals surface area contributed by atoms with Gasteiger partial charge in [-0.05, 0) is 36.4 Å². The van der Waals surface area contributed by atoms with E-state index in [9.17, 15) is 13.6 Å². The molecule has 0 amide bonds. The van der Waals surface area contributed by atoms with Crippen molar-refractivity contribution in [2.24, 2.45) is 0 Å². The lowest BCUT2D eigenvalue weighted by atomic mass is 10.2. The zero-order valence-corrected chi connectivity index (χ0v) is 10.7. The number of carbonyl (C=O) groups excluding carboxylic acids is 1. The third-order valence-electron chi connectivity index (χ3n) is 2.53. The van der Waals surface area contributed by atoms with Gasteiger partial charge in [-0.3, -0.25) is 4.79 Å². The Morgan fingerprint density at radius 2 is 1.55 bits per heavy atom. The summed E-state index contributed by atoms with van der Waals surface area (Å²) in [5.74, 6) is -0.930. The second-order valence-electron chi connectivity index (χ2n) is 4.05. The van der Waals surface area contributed by atoms with Gasteiger partial charge in [0.25, 0.3) is 0 Å². The molecule has 2 aromatic rings. The summed E-state index contributed by atoms with van der Waals surface area (Å²) in [6.07, 6.45) is 0. The summed E-state index contributed by atoms with van der Waals surface area (Å²) >= 11 is 0. The summed E-state index contributed by atoms with van der Waals surface area (Å²) in [6, 6.07) is 9.82.